The van der Waals surface area contributed by atoms with Crippen molar-refractivity contribution in [3.8, 4) is 5.75 Å². The summed E-state index contributed by atoms with van der Waals surface area (Å²) in [6.07, 6.45) is 0. The van der Waals surface area contributed by atoms with Crippen LogP contribution in [0.2, 0.25) is 0 Å². The Morgan fingerprint density at radius 2 is 1.47 bits per heavy atom. The number of aromatic hydroxyl groups is 1. The van der Waals surface area contributed by atoms with Crippen molar-refractivity contribution in [2.45, 2.75) is 13.8 Å². The van der Waals surface area contributed by atoms with Gasteiger partial charge < -0.3 is 5.11 Å². The summed E-state index contributed by atoms with van der Waals surface area (Å²) in [5.41, 5.74) is 4.88. The summed E-state index contributed by atoms with van der Waals surface area (Å²) in [6, 6.07) is 9.62. The number of benzene rings is 2. The lowest BCUT2D eigenvalue weighted by Gasteiger charge is -2.07. The van der Waals surface area contributed by atoms with Crippen LogP contribution in [0.4, 0.5) is 0 Å². The van der Waals surface area contributed by atoms with Crippen LogP contribution in [0.1, 0.15) is 11.1 Å². The number of hydrogen-bond donors (Lipinski definition) is 1. The molecule has 0 amide bonds. The van der Waals surface area contributed by atoms with Gasteiger partial charge in [-0.05, 0) is 37.1 Å². The van der Waals surface area contributed by atoms with Crippen LogP contribution in [-0.4, -0.2) is 15.1 Å². The van der Waals surface area contributed by atoms with E-state index in [2.05, 4.69) is 9.97 Å². The van der Waals surface area contributed by atoms with Crippen LogP contribution < -0.4 is 0 Å². The lowest BCUT2D eigenvalue weighted by molar-refractivity contribution is 0.476. The van der Waals surface area contributed by atoms with Crippen LogP contribution in [0.25, 0.3) is 22.1 Å². The third-order valence-corrected chi connectivity index (χ3v) is 2.97. The number of aryl methyl sites for hydroxylation is 2. The highest BCUT2D eigenvalue weighted by molar-refractivity contribution is 5.91. The maximum atomic E-state index is 10.0. The molecule has 0 aliphatic rings. The predicted octanol–water partition coefficient (Wildman–Crippen LogP) is 3.11. The average molecular weight is 224 g/mol. The van der Waals surface area contributed by atoms with Gasteiger partial charge in [-0.3, -0.25) is 0 Å². The summed E-state index contributed by atoms with van der Waals surface area (Å²) in [5.74, 6) is 0.226. The maximum Gasteiger partial charge on any atom is 0.146 e. The van der Waals surface area contributed by atoms with E-state index in [1.54, 1.807) is 0 Å². The Balaban J connectivity index is 2.56. The number of nitrogens with zero attached hydrogens (tertiary/aromatic N) is 2. The first-order chi connectivity index (χ1) is 8.16. The Morgan fingerprint density at radius 3 is 2.12 bits per heavy atom. The summed E-state index contributed by atoms with van der Waals surface area (Å²) in [4.78, 5) is 9.04. The molecule has 2 aromatic carbocycles. The molecule has 0 aliphatic heterocycles. The summed E-state index contributed by atoms with van der Waals surface area (Å²) in [6.45, 7) is 3.86. The smallest absolute Gasteiger partial charge is 0.146 e. The fourth-order valence-electron chi connectivity index (χ4n) is 2.09. The van der Waals surface area contributed by atoms with Crippen LogP contribution in [0, 0.1) is 13.8 Å². The molecule has 1 N–H and O–H groups in total. The minimum absolute atomic E-state index is 0.226. The lowest BCUT2D eigenvalue weighted by Crippen LogP contribution is -1.92. The zero-order valence-corrected chi connectivity index (χ0v) is 9.73. The van der Waals surface area contributed by atoms with Gasteiger partial charge in [0.2, 0.25) is 0 Å². The molecule has 0 radical (unpaired) electrons. The van der Waals surface area contributed by atoms with Crippen LogP contribution >= 0.6 is 0 Å². The van der Waals surface area contributed by atoms with Gasteiger partial charge >= 0.3 is 0 Å². The maximum absolute atomic E-state index is 10.0. The Morgan fingerprint density at radius 1 is 0.882 bits per heavy atom. The van der Waals surface area contributed by atoms with Gasteiger partial charge in [0, 0.05) is 0 Å². The Kier molecular flexibility index (Phi) is 2.01. The normalized spacial score (nSPS) is 11.2. The molecule has 0 saturated carbocycles. The SMILES string of the molecule is Cc1cc(C)c2nc3ccccc3nc2c1O. The molecule has 1 heterocycles. The highest BCUT2D eigenvalue weighted by atomic mass is 16.3. The molecule has 17 heavy (non-hydrogen) atoms. The summed E-state index contributed by atoms with van der Waals surface area (Å²) >= 11 is 0. The van der Waals surface area contributed by atoms with E-state index in [1.165, 1.54) is 0 Å². The first-order valence-corrected chi connectivity index (χ1v) is 5.52. The molecule has 3 rings (SSSR count). The van der Waals surface area contributed by atoms with Gasteiger partial charge in [-0.25, -0.2) is 9.97 Å². The van der Waals surface area contributed by atoms with Crippen molar-refractivity contribution < 1.29 is 5.11 Å². The first kappa shape index (κ1) is 10.0. The van der Waals surface area contributed by atoms with Crippen LogP contribution in [-0.2, 0) is 0 Å². The zero-order chi connectivity index (χ0) is 12.0. The van der Waals surface area contributed by atoms with Gasteiger partial charge in [0.05, 0.1) is 16.6 Å². The monoisotopic (exact) mass is 224 g/mol. The summed E-state index contributed by atoms with van der Waals surface area (Å²) in [7, 11) is 0. The number of aromatic nitrogens is 2. The molecule has 3 nitrogen and oxygen atoms in total. The second-order valence-electron chi connectivity index (χ2n) is 4.27. The minimum Gasteiger partial charge on any atom is -0.505 e. The van der Waals surface area contributed by atoms with Crippen molar-refractivity contribution in [1.29, 1.82) is 0 Å². The quantitative estimate of drug-likeness (QED) is 0.597. The Bertz CT molecular complexity index is 735. The molecule has 0 aliphatic carbocycles. The largest absolute Gasteiger partial charge is 0.505 e. The van der Waals surface area contributed by atoms with E-state index < -0.39 is 0 Å². The van der Waals surface area contributed by atoms with Crippen LogP contribution in [0.3, 0.4) is 0 Å². The fourth-order valence-corrected chi connectivity index (χ4v) is 2.09. The molecule has 0 atom stereocenters. The van der Waals surface area contributed by atoms with E-state index in [1.807, 2.05) is 44.2 Å². The van der Waals surface area contributed by atoms with Gasteiger partial charge in [0.25, 0.3) is 0 Å². The number of hydrogen-bond acceptors (Lipinski definition) is 3. The fraction of sp³-hybridized carbons (Fsp3) is 0.143. The Labute approximate surface area is 98.8 Å². The first-order valence-electron chi connectivity index (χ1n) is 5.52. The number of fused-ring (bicyclic) bond motifs is 2. The molecule has 0 fully saturated rings. The highest BCUT2D eigenvalue weighted by Gasteiger charge is 2.10. The van der Waals surface area contributed by atoms with E-state index in [-0.39, 0.29) is 5.75 Å². The molecular formula is C14H12N2O. The standard InChI is InChI=1S/C14H12N2O/c1-8-7-9(2)14(17)13-12(8)15-10-5-3-4-6-11(10)16-13/h3-7,17H,1-2H3. The number of para-hydroxylation sites is 2. The molecule has 0 spiro atoms. The van der Waals surface area contributed by atoms with Crippen molar-refractivity contribution in [1.82, 2.24) is 9.97 Å². The molecule has 1 aromatic heterocycles. The Hall–Kier alpha value is -2.16. The van der Waals surface area contributed by atoms with Crippen LogP contribution in [0.5, 0.6) is 5.75 Å². The van der Waals surface area contributed by atoms with Gasteiger partial charge in [0.1, 0.15) is 11.3 Å². The molecule has 3 aromatic rings. The second-order valence-corrected chi connectivity index (χ2v) is 4.27. The molecular weight excluding hydrogens is 212 g/mol. The third kappa shape index (κ3) is 1.43. The van der Waals surface area contributed by atoms with Crippen LogP contribution in [0.15, 0.2) is 30.3 Å². The van der Waals surface area contributed by atoms with Crippen molar-refractivity contribution in [2.75, 3.05) is 0 Å². The van der Waals surface area contributed by atoms with Crippen molar-refractivity contribution in [3.05, 3.63) is 41.5 Å². The topological polar surface area (TPSA) is 46.0 Å². The predicted molar refractivity (Wildman–Crippen MR) is 68.2 cm³/mol. The second kappa shape index (κ2) is 3.42. The third-order valence-electron chi connectivity index (χ3n) is 2.97. The highest BCUT2D eigenvalue weighted by Crippen LogP contribution is 2.29. The van der Waals surface area contributed by atoms with E-state index in [4.69, 9.17) is 0 Å². The lowest BCUT2D eigenvalue weighted by atomic mass is 10.1. The van der Waals surface area contributed by atoms with Crippen molar-refractivity contribution >= 4 is 22.1 Å². The van der Waals surface area contributed by atoms with E-state index >= 15 is 0 Å². The molecule has 84 valence electrons. The molecule has 0 bridgehead atoms. The average Bonchev–Trinajstić information content (AvgIpc) is 2.34. The number of phenolic OH excluding ortho intramolecular Hbond substituents is 1. The van der Waals surface area contributed by atoms with E-state index in [0.717, 1.165) is 27.7 Å². The zero-order valence-electron chi connectivity index (χ0n) is 9.73. The van der Waals surface area contributed by atoms with E-state index in [0.29, 0.717) is 5.52 Å². The molecule has 3 heteroatoms. The minimum atomic E-state index is 0.226. The summed E-state index contributed by atoms with van der Waals surface area (Å²) in [5, 5.41) is 10.0. The summed E-state index contributed by atoms with van der Waals surface area (Å²) < 4.78 is 0. The molecule has 0 saturated heterocycles. The van der Waals surface area contributed by atoms with Crippen molar-refractivity contribution in [2.24, 2.45) is 0 Å². The van der Waals surface area contributed by atoms with Gasteiger partial charge in [-0.1, -0.05) is 18.2 Å². The van der Waals surface area contributed by atoms with E-state index in [9.17, 15) is 5.11 Å². The van der Waals surface area contributed by atoms with Gasteiger partial charge in [-0.15, -0.1) is 0 Å². The van der Waals surface area contributed by atoms with Gasteiger partial charge in [0.15, 0.2) is 0 Å². The number of phenols is 1. The molecule has 0 unspecified atom stereocenters. The number of rotatable bonds is 0. The van der Waals surface area contributed by atoms with Gasteiger partial charge in [-0.2, -0.15) is 0 Å². The van der Waals surface area contributed by atoms with Crippen molar-refractivity contribution in [3.63, 3.8) is 0 Å².